The highest BCUT2D eigenvalue weighted by molar-refractivity contribution is 5.97. The van der Waals surface area contributed by atoms with Crippen LogP contribution in [0.2, 0.25) is 0 Å². The van der Waals surface area contributed by atoms with E-state index >= 15 is 0 Å². The number of hydrogen-bond donors (Lipinski definition) is 0. The number of rotatable bonds is 4. The zero-order valence-electron chi connectivity index (χ0n) is 16.4. The van der Waals surface area contributed by atoms with Crippen molar-refractivity contribution in [3.05, 3.63) is 58.1 Å². The standard InChI is InChI=1S/C21H22N4O4/c1-3-28-17-6-4-5-15-13-16(21(27)29-19(15)17)20(26)25-11-9-24(10-12-25)18-8-7-14(2)22-23-18/h4-8,13H,3,9-12H2,1-2H3. The number of carbonyl (C=O) groups excluding carboxylic acids is 1. The van der Waals surface area contributed by atoms with Gasteiger partial charge in [-0.05, 0) is 38.1 Å². The van der Waals surface area contributed by atoms with Crippen molar-refractivity contribution in [1.82, 2.24) is 15.1 Å². The molecular weight excluding hydrogens is 372 g/mol. The molecule has 0 unspecified atom stereocenters. The van der Waals surface area contributed by atoms with E-state index in [0.29, 0.717) is 49.5 Å². The van der Waals surface area contributed by atoms with Gasteiger partial charge in [0.1, 0.15) is 5.56 Å². The molecule has 2 aromatic heterocycles. The third kappa shape index (κ3) is 3.78. The van der Waals surface area contributed by atoms with Crippen molar-refractivity contribution in [2.45, 2.75) is 13.8 Å². The molecule has 3 aromatic rings. The Bertz CT molecular complexity index is 1090. The molecule has 0 atom stereocenters. The molecule has 0 aliphatic carbocycles. The van der Waals surface area contributed by atoms with Gasteiger partial charge in [0.25, 0.3) is 5.91 Å². The minimum absolute atomic E-state index is 0.0368. The lowest BCUT2D eigenvalue weighted by molar-refractivity contribution is 0.0742. The first-order valence-corrected chi connectivity index (χ1v) is 9.61. The Morgan fingerprint density at radius 2 is 1.93 bits per heavy atom. The second-order valence-corrected chi connectivity index (χ2v) is 6.87. The first kappa shape index (κ1) is 18.9. The first-order chi connectivity index (χ1) is 14.1. The molecule has 0 N–H and O–H groups in total. The number of aromatic nitrogens is 2. The lowest BCUT2D eigenvalue weighted by atomic mass is 10.1. The van der Waals surface area contributed by atoms with E-state index < -0.39 is 5.63 Å². The molecule has 1 aliphatic heterocycles. The molecule has 4 rings (SSSR count). The van der Waals surface area contributed by atoms with E-state index in [1.54, 1.807) is 23.1 Å². The summed E-state index contributed by atoms with van der Waals surface area (Å²) >= 11 is 0. The summed E-state index contributed by atoms with van der Waals surface area (Å²) in [5.74, 6) is 0.961. The predicted octanol–water partition coefficient (Wildman–Crippen LogP) is 2.25. The highest BCUT2D eigenvalue weighted by Gasteiger charge is 2.26. The molecule has 0 radical (unpaired) electrons. The first-order valence-electron chi connectivity index (χ1n) is 9.61. The fourth-order valence-electron chi connectivity index (χ4n) is 3.41. The van der Waals surface area contributed by atoms with Gasteiger partial charge in [0.05, 0.1) is 12.3 Å². The van der Waals surface area contributed by atoms with Gasteiger partial charge in [-0.25, -0.2) is 4.79 Å². The zero-order chi connectivity index (χ0) is 20.4. The van der Waals surface area contributed by atoms with E-state index in [1.165, 1.54) is 0 Å². The lowest BCUT2D eigenvalue weighted by Gasteiger charge is -2.35. The molecule has 150 valence electrons. The molecule has 1 saturated heterocycles. The Labute approximate surface area is 167 Å². The molecular formula is C21H22N4O4. The summed E-state index contributed by atoms with van der Waals surface area (Å²) in [6, 6.07) is 10.8. The van der Waals surface area contributed by atoms with E-state index in [1.807, 2.05) is 32.0 Å². The number of carbonyl (C=O) groups is 1. The summed E-state index contributed by atoms with van der Waals surface area (Å²) in [4.78, 5) is 29.2. The third-order valence-corrected chi connectivity index (χ3v) is 4.93. The van der Waals surface area contributed by atoms with E-state index in [9.17, 15) is 9.59 Å². The minimum atomic E-state index is -0.651. The van der Waals surface area contributed by atoms with Crippen LogP contribution in [0.1, 0.15) is 23.0 Å². The van der Waals surface area contributed by atoms with Crippen molar-refractivity contribution in [2.24, 2.45) is 0 Å². The van der Waals surface area contributed by atoms with Crippen molar-refractivity contribution in [2.75, 3.05) is 37.7 Å². The molecule has 1 aromatic carbocycles. The summed E-state index contributed by atoms with van der Waals surface area (Å²) in [6.07, 6.45) is 0. The summed E-state index contributed by atoms with van der Waals surface area (Å²) in [6.45, 7) is 6.43. The van der Waals surface area contributed by atoms with Crippen LogP contribution in [0, 0.1) is 6.92 Å². The van der Waals surface area contributed by atoms with Crippen molar-refractivity contribution in [3.8, 4) is 5.75 Å². The number of benzene rings is 1. The van der Waals surface area contributed by atoms with Crippen LogP contribution in [-0.2, 0) is 0 Å². The highest BCUT2D eigenvalue weighted by Crippen LogP contribution is 2.25. The summed E-state index contributed by atoms with van der Waals surface area (Å²) in [5.41, 5.74) is 0.605. The maximum absolute atomic E-state index is 13.0. The van der Waals surface area contributed by atoms with Crippen LogP contribution in [0.25, 0.3) is 11.0 Å². The molecule has 0 saturated carbocycles. The summed E-state index contributed by atoms with van der Waals surface area (Å²) in [7, 11) is 0. The van der Waals surface area contributed by atoms with E-state index in [-0.39, 0.29) is 11.5 Å². The topological polar surface area (TPSA) is 88.8 Å². The number of aryl methyl sites for hydroxylation is 1. The molecule has 1 fully saturated rings. The van der Waals surface area contributed by atoms with Crippen molar-refractivity contribution < 1.29 is 13.9 Å². The van der Waals surface area contributed by atoms with Crippen LogP contribution >= 0.6 is 0 Å². The number of piperazine rings is 1. The van der Waals surface area contributed by atoms with Crippen LogP contribution in [0.15, 0.2) is 45.6 Å². The van der Waals surface area contributed by atoms with Gasteiger partial charge in [0.15, 0.2) is 17.2 Å². The van der Waals surface area contributed by atoms with Gasteiger partial charge in [-0.15, -0.1) is 5.10 Å². The SMILES string of the molecule is CCOc1cccc2cc(C(=O)N3CCN(c4ccc(C)nn4)CC3)c(=O)oc12. The number of fused-ring (bicyclic) bond motifs is 1. The number of ether oxygens (including phenoxy) is 1. The van der Waals surface area contributed by atoms with Crippen molar-refractivity contribution in [3.63, 3.8) is 0 Å². The predicted molar refractivity (Wildman–Crippen MR) is 109 cm³/mol. The van der Waals surface area contributed by atoms with E-state index in [2.05, 4.69) is 15.1 Å². The lowest BCUT2D eigenvalue weighted by Crippen LogP contribution is -2.49. The van der Waals surface area contributed by atoms with E-state index in [0.717, 1.165) is 11.5 Å². The van der Waals surface area contributed by atoms with Crippen LogP contribution in [0.3, 0.4) is 0 Å². The molecule has 8 heteroatoms. The number of anilines is 1. The van der Waals surface area contributed by atoms with Gasteiger partial charge < -0.3 is 19.0 Å². The maximum atomic E-state index is 13.0. The molecule has 1 amide bonds. The van der Waals surface area contributed by atoms with Gasteiger partial charge >= 0.3 is 5.63 Å². The average molecular weight is 394 g/mol. The number of hydrogen-bond acceptors (Lipinski definition) is 7. The third-order valence-electron chi connectivity index (χ3n) is 4.93. The van der Waals surface area contributed by atoms with Crippen LogP contribution in [-0.4, -0.2) is 53.8 Å². The fraction of sp³-hybridized carbons (Fsp3) is 0.333. The van der Waals surface area contributed by atoms with Gasteiger partial charge in [0, 0.05) is 31.6 Å². The Balaban J connectivity index is 1.53. The van der Waals surface area contributed by atoms with Crippen molar-refractivity contribution >= 4 is 22.7 Å². The van der Waals surface area contributed by atoms with Crippen molar-refractivity contribution in [1.29, 1.82) is 0 Å². The Morgan fingerprint density at radius 3 is 2.62 bits per heavy atom. The molecule has 1 aliphatic rings. The van der Waals surface area contributed by atoms with Crippen LogP contribution < -0.4 is 15.3 Å². The molecule has 8 nitrogen and oxygen atoms in total. The summed E-state index contributed by atoms with van der Waals surface area (Å²) in [5, 5.41) is 8.94. The normalized spacial score (nSPS) is 14.3. The van der Waals surface area contributed by atoms with E-state index in [4.69, 9.17) is 9.15 Å². The zero-order valence-corrected chi connectivity index (χ0v) is 16.4. The quantitative estimate of drug-likeness (QED) is 0.627. The van der Waals surface area contributed by atoms with Gasteiger partial charge in [0.2, 0.25) is 0 Å². The monoisotopic (exact) mass is 394 g/mol. The smallest absolute Gasteiger partial charge is 0.349 e. The average Bonchev–Trinajstić information content (AvgIpc) is 2.74. The Kier molecular flexibility index (Phi) is 5.16. The van der Waals surface area contributed by atoms with Gasteiger partial charge in [-0.1, -0.05) is 12.1 Å². The molecule has 0 spiro atoms. The van der Waals surface area contributed by atoms with Gasteiger partial charge in [-0.3, -0.25) is 4.79 Å². The van der Waals surface area contributed by atoms with Crippen LogP contribution in [0.5, 0.6) is 5.75 Å². The number of para-hydroxylation sites is 1. The number of amides is 1. The van der Waals surface area contributed by atoms with Crippen LogP contribution in [0.4, 0.5) is 5.82 Å². The second kappa shape index (κ2) is 7.90. The van der Waals surface area contributed by atoms with Gasteiger partial charge in [-0.2, -0.15) is 5.10 Å². The summed E-state index contributed by atoms with van der Waals surface area (Å²) < 4.78 is 10.9. The largest absolute Gasteiger partial charge is 0.490 e. The fourth-order valence-corrected chi connectivity index (χ4v) is 3.41. The minimum Gasteiger partial charge on any atom is -0.490 e. The molecule has 29 heavy (non-hydrogen) atoms. The Morgan fingerprint density at radius 1 is 1.14 bits per heavy atom. The maximum Gasteiger partial charge on any atom is 0.349 e. The Hall–Kier alpha value is -3.42. The second-order valence-electron chi connectivity index (χ2n) is 6.87. The molecule has 3 heterocycles. The molecule has 0 bridgehead atoms. The highest BCUT2D eigenvalue weighted by atomic mass is 16.5. The number of nitrogens with zero attached hydrogens (tertiary/aromatic N) is 4.